The van der Waals surface area contributed by atoms with E-state index in [9.17, 15) is 22.9 Å². The number of carboxylic acids is 1. The van der Waals surface area contributed by atoms with E-state index in [-0.39, 0.29) is 23.4 Å². The van der Waals surface area contributed by atoms with Gasteiger partial charge in [0.25, 0.3) is 10.1 Å². The number of benzene rings is 1. The van der Waals surface area contributed by atoms with Crippen LogP contribution in [-0.2, 0) is 10.1 Å². The normalized spacial score (nSPS) is 13.1. The number of hydrogen-bond acceptors (Lipinski definition) is 8. The van der Waals surface area contributed by atoms with Crippen LogP contribution in [0.4, 0.5) is 16.5 Å². The fourth-order valence-electron chi connectivity index (χ4n) is 2.02. The lowest BCUT2D eigenvalue weighted by Gasteiger charge is -2.18. The highest BCUT2D eigenvalue weighted by Gasteiger charge is 2.22. The highest BCUT2D eigenvalue weighted by atomic mass is 32.2. The van der Waals surface area contributed by atoms with Crippen LogP contribution in [0.3, 0.4) is 0 Å². The highest BCUT2D eigenvalue weighted by molar-refractivity contribution is 7.86. The van der Waals surface area contributed by atoms with Crippen molar-refractivity contribution >= 4 is 43.9 Å². The van der Waals surface area contributed by atoms with E-state index in [1.807, 2.05) is 0 Å². The van der Waals surface area contributed by atoms with Crippen LogP contribution >= 0.6 is 11.3 Å². The smallest absolute Gasteiger partial charge is 0.338 e. The van der Waals surface area contributed by atoms with E-state index in [0.717, 1.165) is 0 Å². The second kappa shape index (κ2) is 7.68. The molecule has 0 bridgehead atoms. The third kappa shape index (κ3) is 4.81. The van der Waals surface area contributed by atoms with Crippen molar-refractivity contribution in [3.8, 4) is 0 Å². The molecule has 134 valence electrons. The number of rotatable bonds is 7. The maximum Gasteiger partial charge on any atom is 0.338 e. The molecular weight excluding hydrogens is 368 g/mol. The number of aryl methyl sites for hydroxylation is 1. The number of nitrogens with one attached hydrogen (secondary N) is 1. The minimum Gasteiger partial charge on any atom is -0.478 e. The molecule has 0 saturated carbocycles. The average molecular weight is 384 g/mol. The standard InChI is InChI=1S/C14H16N4O5S2/c1-3-12(25(21,22)23)16-10-7-9(13(19)20)11(6-8(10)2)17-18-14-15-4-5-24-14/h4-7,12,16H,3H2,1-2H3,(H,19,20)(H,21,22,23). The van der Waals surface area contributed by atoms with E-state index in [1.165, 1.54) is 23.5 Å². The molecule has 3 N–H and O–H groups in total. The highest BCUT2D eigenvalue weighted by Crippen LogP contribution is 2.30. The lowest BCUT2D eigenvalue weighted by Crippen LogP contribution is -2.28. The molecule has 0 aliphatic rings. The molecule has 0 fully saturated rings. The molecule has 0 aliphatic heterocycles. The topological polar surface area (TPSA) is 141 Å². The van der Waals surface area contributed by atoms with Crippen LogP contribution in [0.5, 0.6) is 0 Å². The fourth-order valence-corrected chi connectivity index (χ4v) is 3.17. The summed E-state index contributed by atoms with van der Waals surface area (Å²) in [7, 11) is -4.32. The van der Waals surface area contributed by atoms with Crippen LogP contribution in [0.1, 0.15) is 29.3 Å². The Bertz CT molecular complexity index is 894. The van der Waals surface area contributed by atoms with E-state index in [1.54, 1.807) is 25.4 Å². The van der Waals surface area contributed by atoms with Crippen molar-refractivity contribution in [2.24, 2.45) is 10.2 Å². The summed E-state index contributed by atoms with van der Waals surface area (Å²) < 4.78 is 31.9. The minimum absolute atomic E-state index is 0.103. The summed E-state index contributed by atoms with van der Waals surface area (Å²) in [5.74, 6) is -1.24. The lowest BCUT2D eigenvalue weighted by molar-refractivity contribution is 0.0697. The zero-order valence-corrected chi connectivity index (χ0v) is 15.0. The first-order valence-electron chi connectivity index (χ1n) is 7.14. The zero-order valence-electron chi connectivity index (χ0n) is 13.4. The molecule has 1 unspecified atom stereocenters. The summed E-state index contributed by atoms with van der Waals surface area (Å²) in [6.07, 6.45) is 1.65. The molecule has 1 aromatic heterocycles. The molecule has 1 heterocycles. The third-order valence-electron chi connectivity index (χ3n) is 3.28. The number of anilines is 1. The summed E-state index contributed by atoms with van der Waals surface area (Å²) >= 11 is 1.25. The molecule has 0 saturated heterocycles. The van der Waals surface area contributed by atoms with Gasteiger partial charge in [-0.25, -0.2) is 9.78 Å². The van der Waals surface area contributed by atoms with Crippen molar-refractivity contribution in [2.75, 3.05) is 5.32 Å². The van der Waals surface area contributed by atoms with Crippen LogP contribution in [0, 0.1) is 6.92 Å². The first-order chi connectivity index (χ1) is 11.7. The van der Waals surface area contributed by atoms with E-state index in [0.29, 0.717) is 10.7 Å². The predicted molar refractivity (Wildman–Crippen MR) is 93.7 cm³/mol. The Morgan fingerprint density at radius 3 is 2.64 bits per heavy atom. The van der Waals surface area contributed by atoms with Gasteiger partial charge >= 0.3 is 5.97 Å². The minimum atomic E-state index is -4.32. The van der Waals surface area contributed by atoms with Crippen molar-refractivity contribution in [1.82, 2.24) is 4.98 Å². The molecule has 2 aromatic rings. The van der Waals surface area contributed by atoms with E-state index < -0.39 is 21.5 Å². The van der Waals surface area contributed by atoms with Crippen molar-refractivity contribution in [3.05, 3.63) is 34.8 Å². The van der Waals surface area contributed by atoms with E-state index in [2.05, 4.69) is 20.5 Å². The molecular formula is C14H16N4O5S2. The second-order valence-corrected chi connectivity index (χ2v) is 7.53. The van der Waals surface area contributed by atoms with Gasteiger partial charge in [-0.1, -0.05) is 6.92 Å². The molecule has 9 nitrogen and oxygen atoms in total. The Labute approximate surface area is 148 Å². The summed E-state index contributed by atoms with van der Waals surface area (Å²) in [5.41, 5.74) is 0.791. The number of nitrogens with zero attached hydrogens (tertiary/aromatic N) is 3. The molecule has 0 radical (unpaired) electrons. The summed E-state index contributed by atoms with van der Waals surface area (Å²) in [6.45, 7) is 3.24. The number of carbonyl (C=O) groups is 1. The van der Waals surface area contributed by atoms with Gasteiger partial charge in [0.2, 0.25) is 5.13 Å². The third-order valence-corrected chi connectivity index (χ3v) is 5.11. The van der Waals surface area contributed by atoms with Crippen LogP contribution < -0.4 is 5.32 Å². The number of aromatic carboxylic acids is 1. The number of carboxylic acid groups (broad SMARTS) is 1. The molecule has 0 spiro atoms. The van der Waals surface area contributed by atoms with Gasteiger partial charge in [-0.15, -0.1) is 21.6 Å². The maximum atomic E-state index is 11.5. The molecule has 25 heavy (non-hydrogen) atoms. The number of thiazole rings is 1. The van der Waals surface area contributed by atoms with E-state index >= 15 is 0 Å². The summed E-state index contributed by atoms with van der Waals surface area (Å²) in [6, 6.07) is 2.74. The zero-order chi connectivity index (χ0) is 18.6. The van der Waals surface area contributed by atoms with Crippen molar-refractivity contribution in [2.45, 2.75) is 25.6 Å². The van der Waals surface area contributed by atoms with Gasteiger partial charge in [-0.3, -0.25) is 4.55 Å². The first kappa shape index (κ1) is 19.0. The van der Waals surface area contributed by atoms with Crippen molar-refractivity contribution in [3.63, 3.8) is 0 Å². The summed E-state index contributed by atoms with van der Waals surface area (Å²) in [4.78, 5) is 15.4. The molecule has 0 amide bonds. The predicted octanol–water partition coefficient (Wildman–Crippen LogP) is 3.60. The Morgan fingerprint density at radius 1 is 1.40 bits per heavy atom. The Morgan fingerprint density at radius 2 is 2.12 bits per heavy atom. The van der Waals surface area contributed by atoms with Gasteiger partial charge in [-0.2, -0.15) is 8.42 Å². The number of aromatic nitrogens is 1. The molecule has 1 aromatic carbocycles. The molecule has 2 rings (SSSR count). The first-order valence-corrected chi connectivity index (χ1v) is 9.52. The van der Waals surface area contributed by atoms with Gasteiger partial charge in [-0.05, 0) is 31.0 Å². The van der Waals surface area contributed by atoms with Gasteiger partial charge in [0, 0.05) is 17.3 Å². The number of azo groups is 1. The van der Waals surface area contributed by atoms with Gasteiger partial charge in [0.15, 0.2) is 5.37 Å². The van der Waals surface area contributed by atoms with E-state index in [4.69, 9.17) is 0 Å². The molecule has 0 aliphatic carbocycles. The van der Waals surface area contributed by atoms with Gasteiger partial charge < -0.3 is 10.4 Å². The molecule has 11 heteroatoms. The lowest BCUT2D eigenvalue weighted by atomic mass is 10.1. The van der Waals surface area contributed by atoms with Gasteiger partial charge in [0.1, 0.15) is 5.69 Å². The largest absolute Gasteiger partial charge is 0.478 e. The maximum absolute atomic E-state index is 11.5. The van der Waals surface area contributed by atoms with Crippen molar-refractivity contribution in [1.29, 1.82) is 0 Å². The summed E-state index contributed by atoms with van der Waals surface area (Å²) in [5, 5.41) is 20.7. The van der Waals surface area contributed by atoms with Crippen LogP contribution in [-0.4, -0.2) is 34.4 Å². The second-order valence-electron chi connectivity index (χ2n) is 5.06. The quantitative estimate of drug-likeness (QED) is 0.489. The Balaban J connectivity index is 2.41. The Hall–Kier alpha value is -2.37. The monoisotopic (exact) mass is 384 g/mol. The Kier molecular flexibility index (Phi) is 5.82. The fraction of sp³-hybridized carbons (Fsp3) is 0.286. The average Bonchev–Trinajstić information content (AvgIpc) is 3.03. The van der Waals surface area contributed by atoms with Crippen LogP contribution in [0.15, 0.2) is 33.9 Å². The van der Waals surface area contributed by atoms with Crippen molar-refractivity contribution < 1.29 is 22.9 Å². The molecule has 1 atom stereocenters. The van der Waals surface area contributed by atoms with Crippen LogP contribution in [0.2, 0.25) is 0 Å². The van der Waals surface area contributed by atoms with Gasteiger partial charge in [0.05, 0.1) is 5.56 Å². The number of hydrogen-bond donors (Lipinski definition) is 3. The SMILES string of the molecule is CCC(Nc1cc(C(=O)O)c(N=Nc2nccs2)cc1C)S(=O)(=O)O. The van der Waals surface area contributed by atoms with Crippen LogP contribution in [0.25, 0.3) is 0 Å².